The van der Waals surface area contributed by atoms with Crippen molar-refractivity contribution in [1.29, 1.82) is 0 Å². The minimum absolute atomic E-state index is 0.451. The molecule has 0 bridgehead atoms. The number of benzene rings is 2. The van der Waals surface area contributed by atoms with Crippen LogP contribution in [0.3, 0.4) is 0 Å². The predicted octanol–water partition coefficient (Wildman–Crippen LogP) is 5.22. The van der Waals surface area contributed by atoms with E-state index in [2.05, 4.69) is 34.3 Å². The van der Waals surface area contributed by atoms with Gasteiger partial charge in [-0.1, -0.05) is 12.1 Å². The number of anilines is 2. The fourth-order valence-corrected chi connectivity index (χ4v) is 4.49. The molecular formula is C23H22N4O2S. The Bertz CT molecular complexity index is 1210. The lowest BCUT2D eigenvalue weighted by Gasteiger charge is -2.11. The molecule has 2 aromatic heterocycles. The molecule has 7 heteroatoms. The third kappa shape index (κ3) is 3.84. The van der Waals surface area contributed by atoms with Gasteiger partial charge in [-0.25, -0.2) is 9.97 Å². The quantitative estimate of drug-likeness (QED) is 0.448. The number of hydrogen-bond donors (Lipinski definition) is 2. The number of amides is 1. The molecule has 0 saturated carbocycles. The summed E-state index contributed by atoms with van der Waals surface area (Å²) in [5.41, 5.74) is 8.81. The van der Waals surface area contributed by atoms with Crippen molar-refractivity contribution in [3.63, 3.8) is 0 Å². The zero-order valence-electron chi connectivity index (χ0n) is 17.0. The van der Waals surface area contributed by atoms with Crippen molar-refractivity contribution in [3.05, 3.63) is 64.8 Å². The molecule has 2 heterocycles. The zero-order valence-corrected chi connectivity index (χ0v) is 17.8. The largest absolute Gasteiger partial charge is 0.494 e. The van der Waals surface area contributed by atoms with Crippen molar-refractivity contribution < 1.29 is 9.53 Å². The molecular weight excluding hydrogens is 396 g/mol. The van der Waals surface area contributed by atoms with Gasteiger partial charge in [0.25, 0.3) is 0 Å². The van der Waals surface area contributed by atoms with Crippen LogP contribution >= 0.6 is 11.3 Å². The molecule has 0 aliphatic carbocycles. The molecule has 0 saturated heterocycles. The molecule has 0 aliphatic heterocycles. The van der Waals surface area contributed by atoms with Gasteiger partial charge in [-0.15, -0.1) is 11.3 Å². The molecule has 6 nitrogen and oxygen atoms in total. The molecule has 0 unspecified atom stereocenters. The number of aryl methyl sites for hydroxylation is 2. The summed E-state index contributed by atoms with van der Waals surface area (Å²) in [6.07, 6.45) is 0. The summed E-state index contributed by atoms with van der Waals surface area (Å²) in [5.74, 6) is 1.82. The highest BCUT2D eigenvalue weighted by molar-refractivity contribution is 7.19. The van der Waals surface area contributed by atoms with Crippen LogP contribution in [0, 0.1) is 13.8 Å². The topological polar surface area (TPSA) is 90.1 Å². The number of carbonyl (C=O) groups excluding carboxylic acids is 1. The predicted molar refractivity (Wildman–Crippen MR) is 122 cm³/mol. The molecule has 0 aliphatic rings. The monoisotopic (exact) mass is 418 g/mol. The fourth-order valence-electron chi connectivity index (χ4n) is 3.40. The molecule has 0 radical (unpaired) electrons. The van der Waals surface area contributed by atoms with E-state index in [0.717, 1.165) is 38.6 Å². The molecule has 2 aromatic carbocycles. The second-order valence-corrected chi connectivity index (χ2v) is 8.06. The van der Waals surface area contributed by atoms with E-state index in [4.69, 9.17) is 10.5 Å². The standard InChI is InChI=1S/C23H22N4O2S/c1-4-29-18-11-7-15(8-12-18)19-13(2)30-23-20(19)22(25-14(3)26-23)27-17-9-5-16(6-10-17)21(24)28/h5-12H,4H2,1-3H3,(H2,24,28)(H,25,26,27). The minimum Gasteiger partial charge on any atom is -0.494 e. The number of ether oxygens (including phenoxy) is 1. The highest BCUT2D eigenvalue weighted by Gasteiger charge is 2.18. The van der Waals surface area contributed by atoms with E-state index >= 15 is 0 Å². The Labute approximate surface area is 178 Å². The van der Waals surface area contributed by atoms with Gasteiger partial charge in [0, 0.05) is 21.7 Å². The average molecular weight is 419 g/mol. The highest BCUT2D eigenvalue weighted by atomic mass is 32.1. The number of primary amides is 1. The first-order chi connectivity index (χ1) is 14.5. The molecule has 4 rings (SSSR count). The molecule has 152 valence electrons. The van der Waals surface area contributed by atoms with Gasteiger partial charge in [0.1, 0.15) is 22.2 Å². The lowest BCUT2D eigenvalue weighted by atomic mass is 10.0. The number of carbonyl (C=O) groups is 1. The van der Waals surface area contributed by atoms with Crippen molar-refractivity contribution in [1.82, 2.24) is 9.97 Å². The van der Waals surface area contributed by atoms with Crippen LogP contribution in [-0.4, -0.2) is 22.5 Å². The van der Waals surface area contributed by atoms with Crippen LogP contribution in [0.4, 0.5) is 11.5 Å². The minimum atomic E-state index is -0.451. The van der Waals surface area contributed by atoms with Crippen molar-refractivity contribution in [2.24, 2.45) is 5.73 Å². The number of aromatic nitrogens is 2. The first-order valence-corrected chi connectivity index (χ1v) is 10.5. The number of rotatable bonds is 6. The van der Waals surface area contributed by atoms with E-state index in [1.165, 1.54) is 4.88 Å². The molecule has 0 fully saturated rings. The summed E-state index contributed by atoms with van der Waals surface area (Å²) in [4.78, 5) is 22.8. The van der Waals surface area contributed by atoms with Crippen LogP contribution in [0.15, 0.2) is 48.5 Å². The third-order valence-corrected chi connectivity index (χ3v) is 5.72. The van der Waals surface area contributed by atoms with Gasteiger partial charge < -0.3 is 15.8 Å². The fraction of sp³-hybridized carbons (Fsp3) is 0.174. The Balaban J connectivity index is 1.80. The van der Waals surface area contributed by atoms with Gasteiger partial charge in [-0.3, -0.25) is 4.79 Å². The summed E-state index contributed by atoms with van der Waals surface area (Å²) in [5, 5.41) is 4.37. The van der Waals surface area contributed by atoms with Crippen molar-refractivity contribution in [2.45, 2.75) is 20.8 Å². The van der Waals surface area contributed by atoms with Crippen molar-refractivity contribution >= 4 is 39.0 Å². The van der Waals surface area contributed by atoms with Crippen LogP contribution < -0.4 is 15.8 Å². The molecule has 30 heavy (non-hydrogen) atoms. The SMILES string of the molecule is CCOc1ccc(-c2c(C)sc3nc(C)nc(Nc4ccc(C(N)=O)cc4)c23)cc1. The first-order valence-electron chi connectivity index (χ1n) is 9.64. The van der Waals surface area contributed by atoms with E-state index in [-0.39, 0.29) is 0 Å². The second kappa shape index (κ2) is 8.12. The van der Waals surface area contributed by atoms with E-state index in [9.17, 15) is 4.79 Å². The summed E-state index contributed by atoms with van der Waals surface area (Å²) >= 11 is 1.65. The van der Waals surface area contributed by atoms with Gasteiger partial charge >= 0.3 is 0 Å². The molecule has 3 N–H and O–H groups in total. The average Bonchev–Trinajstić information content (AvgIpc) is 3.05. The maximum Gasteiger partial charge on any atom is 0.248 e. The molecule has 4 aromatic rings. The van der Waals surface area contributed by atoms with Crippen LogP contribution in [-0.2, 0) is 0 Å². The number of hydrogen-bond acceptors (Lipinski definition) is 6. The maximum atomic E-state index is 11.3. The Kier molecular flexibility index (Phi) is 5.37. The number of nitrogens with one attached hydrogen (secondary N) is 1. The smallest absolute Gasteiger partial charge is 0.248 e. The summed E-state index contributed by atoms with van der Waals surface area (Å²) in [6.45, 7) is 6.58. The lowest BCUT2D eigenvalue weighted by Crippen LogP contribution is -2.10. The first kappa shape index (κ1) is 19.8. The number of fused-ring (bicyclic) bond motifs is 1. The Morgan fingerprint density at radius 3 is 2.40 bits per heavy atom. The van der Waals surface area contributed by atoms with E-state index in [1.54, 1.807) is 23.5 Å². The molecule has 0 atom stereocenters. The summed E-state index contributed by atoms with van der Waals surface area (Å²) < 4.78 is 5.57. The normalized spacial score (nSPS) is 10.9. The summed E-state index contributed by atoms with van der Waals surface area (Å²) in [7, 11) is 0. The van der Waals surface area contributed by atoms with Gasteiger partial charge in [-0.05, 0) is 62.7 Å². The lowest BCUT2D eigenvalue weighted by molar-refractivity contribution is 0.100. The van der Waals surface area contributed by atoms with Gasteiger partial charge in [-0.2, -0.15) is 0 Å². The number of nitrogens with zero attached hydrogens (tertiary/aromatic N) is 2. The Morgan fingerprint density at radius 2 is 1.77 bits per heavy atom. The molecule has 1 amide bonds. The van der Waals surface area contributed by atoms with Gasteiger partial charge in [0.15, 0.2) is 0 Å². The van der Waals surface area contributed by atoms with E-state index in [0.29, 0.717) is 18.0 Å². The van der Waals surface area contributed by atoms with Gasteiger partial charge in [0.05, 0.1) is 12.0 Å². The number of thiophene rings is 1. The Hall–Kier alpha value is -3.45. The highest BCUT2D eigenvalue weighted by Crippen LogP contribution is 2.41. The van der Waals surface area contributed by atoms with Crippen molar-refractivity contribution in [3.8, 4) is 16.9 Å². The summed E-state index contributed by atoms with van der Waals surface area (Å²) in [6, 6.07) is 15.1. The number of nitrogens with two attached hydrogens (primary N) is 1. The maximum absolute atomic E-state index is 11.3. The third-order valence-electron chi connectivity index (χ3n) is 4.73. The molecule has 0 spiro atoms. The van der Waals surface area contributed by atoms with Crippen LogP contribution in [0.25, 0.3) is 21.3 Å². The Morgan fingerprint density at radius 1 is 1.07 bits per heavy atom. The second-order valence-electron chi connectivity index (χ2n) is 6.86. The van der Waals surface area contributed by atoms with Crippen LogP contribution in [0.1, 0.15) is 28.0 Å². The zero-order chi connectivity index (χ0) is 21.3. The van der Waals surface area contributed by atoms with E-state index in [1.807, 2.05) is 38.1 Å². The van der Waals surface area contributed by atoms with Crippen LogP contribution in [0.5, 0.6) is 5.75 Å². The van der Waals surface area contributed by atoms with Crippen LogP contribution in [0.2, 0.25) is 0 Å². The van der Waals surface area contributed by atoms with Crippen molar-refractivity contribution in [2.75, 3.05) is 11.9 Å². The van der Waals surface area contributed by atoms with Gasteiger partial charge in [0.2, 0.25) is 5.91 Å². The van der Waals surface area contributed by atoms with E-state index < -0.39 is 5.91 Å².